The van der Waals surface area contributed by atoms with Crippen LogP contribution < -0.4 is 10.2 Å². The number of rotatable bonds is 3. The van der Waals surface area contributed by atoms with Crippen LogP contribution in [0.15, 0.2) is 39.7 Å². The number of hydrogen-bond donors (Lipinski definition) is 0. The van der Waals surface area contributed by atoms with Crippen LogP contribution in [0.4, 0.5) is 0 Å². The van der Waals surface area contributed by atoms with E-state index in [1.165, 1.54) is 13.4 Å². The fourth-order valence-corrected chi connectivity index (χ4v) is 1.36. The predicted octanol–water partition coefficient (Wildman–Crippen LogP) is 1.34. The third-order valence-electron chi connectivity index (χ3n) is 2.22. The molecule has 0 unspecified atom stereocenters. The molecule has 0 aliphatic rings. The van der Waals surface area contributed by atoms with Gasteiger partial charge in [0, 0.05) is 0 Å². The van der Waals surface area contributed by atoms with Crippen molar-refractivity contribution >= 4 is 16.9 Å². The van der Waals surface area contributed by atoms with Gasteiger partial charge in [0.15, 0.2) is 6.61 Å². The first-order valence-electron chi connectivity index (χ1n) is 4.92. The highest BCUT2D eigenvalue weighted by Gasteiger charge is 2.09. The number of benzene rings is 1. The molecule has 0 saturated carbocycles. The number of ether oxygens (including phenoxy) is 2. The maximum atomic E-state index is 11.9. The second-order valence-electron chi connectivity index (χ2n) is 3.29. The molecular formula is C12H10O5. The van der Waals surface area contributed by atoms with Gasteiger partial charge >= 0.3 is 5.97 Å². The predicted molar refractivity (Wildman–Crippen MR) is 60.0 cm³/mol. The number of carbonyl (C=O) groups is 1. The SMILES string of the molecule is COC(=O)COc1coc2ccccc2c1=O. The first-order valence-corrected chi connectivity index (χ1v) is 4.92. The molecule has 0 fully saturated rings. The lowest BCUT2D eigenvalue weighted by Crippen LogP contribution is -2.16. The fourth-order valence-electron chi connectivity index (χ4n) is 1.36. The third-order valence-corrected chi connectivity index (χ3v) is 2.22. The lowest BCUT2D eigenvalue weighted by molar-refractivity contribution is -0.142. The highest BCUT2D eigenvalue weighted by molar-refractivity contribution is 5.77. The van der Waals surface area contributed by atoms with Gasteiger partial charge in [-0.3, -0.25) is 4.79 Å². The Kier molecular flexibility index (Phi) is 3.09. The average molecular weight is 234 g/mol. The van der Waals surface area contributed by atoms with E-state index in [1.807, 2.05) is 0 Å². The normalized spacial score (nSPS) is 10.2. The van der Waals surface area contributed by atoms with E-state index in [-0.39, 0.29) is 17.8 Å². The molecule has 0 amide bonds. The lowest BCUT2D eigenvalue weighted by atomic mass is 10.2. The zero-order chi connectivity index (χ0) is 12.3. The van der Waals surface area contributed by atoms with Crippen molar-refractivity contribution in [3.8, 4) is 5.75 Å². The molecule has 17 heavy (non-hydrogen) atoms. The van der Waals surface area contributed by atoms with Crippen LogP contribution in [0.25, 0.3) is 11.0 Å². The van der Waals surface area contributed by atoms with Crippen molar-refractivity contribution in [2.45, 2.75) is 0 Å². The number of fused-ring (bicyclic) bond motifs is 1. The van der Waals surface area contributed by atoms with E-state index in [2.05, 4.69) is 4.74 Å². The number of hydrogen-bond acceptors (Lipinski definition) is 5. The van der Waals surface area contributed by atoms with Crippen LogP contribution in [0.1, 0.15) is 0 Å². The van der Waals surface area contributed by atoms with Crippen molar-refractivity contribution in [1.29, 1.82) is 0 Å². The molecule has 1 aromatic heterocycles. The summed E-state index contributed by atoms with van der Waals surface area (Å²) < 4.78 is 14.6. The minimum absolute atomic E-state index is 0.00546. The van der Waals surface area contributed by atoms with Crippen molar-refractivity contribution < 1.29 is 18.7 Å². The summed E-state index contributed by atoms with van der Waals surface area (Å²) in [6.07, 6.45) is 1.19. The van der Waals surface area contributed by atoms with Crippen LogP contribution in [-0.4, -0.2) is 19.7 Å². The first-order chi connectivity index (χ1) is 8.22. The monoisotopic (exact) mass is 234 g/mol. The second kappa shape index (κ2) is 4.69. The number of methoxy groups -OCH3 is 1. The summed E-state index contributed by atoms with van der Waals surface area (Å²) in [5.41, 5.74) is 0.165. The van der Waals surface area contributed by atoms with Crippen LogP contribution in [0.2, 0.25) is 0 Å². The number of para-hydroxylation sites is 1. The fraction of sp³-hybridized carbons (Fsp3) is 0.167. The topological polar surface area (TPSA) is 65.7 Å². The molecule has 0 bridgehead atoms. The molecule has 5 heteroatoms. The van der Waals surface area contributed by atoms with Crippen molar-refractivity contribution in [3.05, 3.63) is 40.8 Å². The molecular weight excluding hydrogens is 224 g/mol. The summed E-state index contributed by atoms with van der Waals surface area (Å²) >= 11 is 0. The number of esters is 1. The van der Waals surface area contributed by atoms with E-state index >= 15 is 0 Å². The van der Waals surface area contributed by atoms with Crippen molar-refractivity contribution in [3.63, 3.8) is 0 Å². The first kappa shape index (κ1) is 11.2. The summed E-state index contributed by atoms with van der Waals surface area (Å²) in [6.45, 7) is -0.320. The van der Waals surface area contributed by atoms with Crippen LogP contribution >= 0.6 is 0 Å². The van der Waals surface area contributed by atoms with Gasteiger partial charge in [0.2, 0.25) is 11.2 Å². The van der Waals surface area contributed by atoms with E-state index < -0.39 is 5.97 Å². The Bertz CT molecular complexity index is 599. The third kappa shape index (κ3) is 2.28. The van der Waals surface area contributed by atoms with Crippen molar-refractivity contribution in [2.24, 2.45) is 0 Å². The molecule has 2 rings (SSSR count). The summed E-state index contributed by atoms with van der Waals surface area (Å²) in [5, 5.41) is 0.412. The standard InChI is InChI=1S/C12H10O5/c1-15-11(13)7-17-10-6-16-9-5-3-2-4-8(9)12(10)14/h2-6H,7H2,1H3. The Hall–Kier alpha value is -2.30. The summed E-state index contributed by atoms with van der Waals surface area (Å²) in [5.74, 6) is -0.563. The molecule has 1 heterocycles. The maximum Gasteiger partial charge on any atom is 0.343 e. The van der Waals surface area contributed by atoms with Gasteiger partial charge in [-0.15, -0.1) is 0 Å². The van der Waals surface area contributed by atoms with Crippen molar-refractivity contribution in [2.75, 3.05) is 13.7 Å². The Morgan fingerprint density at radius 1 is 1.35 bits per heavy atom. The summed E-state index contributed by atoms with van der Waals surface area (Å²) in [4.78, 5) is 22.8. The van der Waals surface area contributed by atoms with Gasteiger partial charge in [-0.1, -0.05) is 12.1 Å². The Morgan fingerprint density at radius 2 is 2.12 bits per heavy atom. The molecule has 2 aromatic rings. The van der Waals surface area contributed by atoms with Crippen molar-refractivity contribution in [1.82, 2.24) is 0 Å². The lowest BCUT2D eigenvalue weighted by Gasteiger charge is -2.04. The number of carbonyl (C=O) groups excluding carboxylic acids is 1. The van der Waals surface area contributed by atoms with E-state index in [0.717, 1.165) is 0 Å². The zero-order valence-electron chi connectivity index (χ0n) is 9.14. The maximum absolute atomic E-state index is 11.9. The van der Waals surface area contributed by atoms with Gasteiger partial charge in [0.05, 0.1) is 12.5 Å². The van der Waals surface area contributed by atoms with Gasteiger partial charge in [0.25, 0.3) is 0 Å². The molecule has 88 valence electrons. The van der Waals surface area contributed by atoms with Gasteiger partial charge in [-0.05, 0) is 12.1 Å². The van der Waals surface area contributed by atoms with E-state index in [4.69, 9.17) is 9.15 Å². The highest BCUT2D eigenvalue weighted by Crippen LogP contribution is 2.14. The molecule has 0 aliphatic carbocycles. The Morgan fingerprint density at radius 3 is 2.88 bits per heavy atom. The Labute approximate surface area is 96.6 Å². The van der Waals surface area contributed by atoms with Crippen LogP contribution in [0, 0.1) is 0 Å². The second-order valence-corrected chi connectivity index (χ2v) is 3.29. The molecule has 0 saturated heterocycles. The summed E-state index contributed by atoms with van der Waals surface area (Å²) in [6, 6.07) is 6.80. The smallest absolute Gasteiger partial charge is 0.343 e. The van der Waals surface area contributed by atoms with E-state index in [9.17, 15) is 9.59 Å². The van der Waals surface area contributed by atoms with E-state index in [0.29, 0.717) is 11.0 Å². The van der Waals surface area contributed by atoms with Crippen LogP contribution in [0.3, 0.4) is 0 Å². The summed E-state index contributed by atoms with van der Waals surface area (Å²) in [7, 11) is 1.24. The minimum Gasteiger partial charge on any atom is -0.475 e. The quantitative estimate of drug-likeness (QED) is 0.750. The zero-order valence-corrected chi connectivity index (χ0v) is 9.14. The van der Waals surface area contributed by atoms with Gasteiger partial charge < -0.3 is 13.9 Å². The molecule has 0 radical (unpaired) electrons. The van der Waals surface area contributed by atoms with Gasteiger partial charge in [-0.25, -0.2) is 4.79 Å². The average Bonchev–Trinajstić information content (AvgIpc) is 2.38. The molecule has 0 N–H and O–H groups in total. The molecule has 0 atom stereocenters. The molecule has 0 aliphatic heterocycles. The molecule has 1 aromatic carbocycles. The van der Waals surface area contributed by atoms with Gasteiger partial charge in [-0.2, -0.15) is 0 Å². The van der Waals surface area contributed by atoms with E-state index in [1.54, 1.807) is 24.3 Å². The highest BCUT2D eigenvalue weighted by atomic mass is 16.6. The van der Waals surface area contributed by atoms with Crippen LogP contribution in [0.5, 0.6) is 5.75 Å². The van der Waals surface area contributed by atoms with Crippen LogP contribution in [-0.2, 0) is 9.53 Å². The molecule has 5 nitrogen and oxygen atoms in total. The molecule has 0 spiro atoms. The van der Waals surface area contributed by atoms with Gasteiger partial charge in [0.1, 0.15) is 11.8 Å². The Balaban J connectivity index is 2.33. The minimum atomic E-state index is -0.558. The largest absolute Gasteiger partial charge is 0.475 e.